The maximum absolute atomic E-state index is 12.1. The molecular weight excluding hydrogens is 344 g/mol. The normalized spacial score (nSPS) is 16.0. The predicted molar refractivity (Wildman–Crippen MR) is 97.3 cm³/mol. The van der Waals surface area contributed by atoms with Crippen molar-refractivity contribution >= 4 is 46.2 Å². The predicted octanol–water partition coefficient (Wildman–Crippen LogP) is 3.04. The topological polar surface area (TPSA) is 62.6 Å². The second-order valence-electron chi connectivity index (χ2n) is 5.12. The van der Waals surface area contributed by atoms with Crippen molar-refractivity contribution in [3.8, 4) is 0 Å². The number of hydrogen-bond donors (Lipinski definition) is 1. The number of thiocarbonyl (C=S) groups is 1. The summed E-state index contributed by atoms with van der Waals surface area (Å²) in [6.07, 6.45) is 3.34. The molecule has 2 heterocycles. The molecule has 0 unspecified atom stereocenters. The van der Waals surface area contributed by atoms with Crippen LogP contribution in [0.3, 0.4) is 0 Å². The van der Waals surface area contributed by atoms with Crippen molar-refractivity contribution < 1.29 is 14.0 Å². The van der Waals surface area contributed by atoms with Gasteiger partial charge in [0.05, 0.1) is 17.7 Å². The lowest BCUT2D eigenvalue weighted by molar-refractivity contribution is -0.121. The van der Waals surface area contributed by atoms with E-state index in [1.807, 2.05) is 0 Å². The molecule has 3 rings (SSSR count). The van der Waals surface area contributed by atoms with Gasteiger partial charge in [0.25, 0.3) is 11.8 Å². The van der Waals surface area contributed by atoms with Gasteiger partial charge in [0.2, 0.25) is 0 Å². The van der Waals surface area contributed by atoms with E-state index < -0.39 is 0 Å². The third-order valence-electron chi connectivity index (χ3n) is 3.46. The zero-order valence-electron chi connectivity index (χ0n) is 12.8. The highest BCUT2D eigenvalue weighted by molar-refractivity contribution is 8.26. The third-order valence-corrected chi connectivity index (χ3v) is 4.95. The molecule has 7 heteroatoms. The Morgan fingerprint density at radius 2 is 2.08 bits per heavy atom. The zero-order valence-corrected chi connectivity index (χ0v) is 14.4. The summed E-state index contributed by atoms with van der Waals surface area (Å²) in [5.41, 5.74) is 1.38. The van der Waals surface area contributed by atoms with E-state index in [4.69, 9.17) is 16.6 Å². The molecule has 0 aliphatic carbocycles. The van der Waals surface area contributed by atoms with Crippen LogP contribution in [0.15, 0.2) is 52.0 Å². The van der Waals surface area contributed by atoms with Crippen LogP contribution in [-0.2, 0) is 11.3 Å². The van der Waals surface area contributed by atoms with Crippen molar-refractivity contribution in [1.82, 2.24) is 10.2 Å². The Morgan fingerprint density at radius 1 is 1.33 bits per heavy atom. The number of carbonyl (C=O) groups excluding carboxylic acids is 2. The van der Waals surface area contributed by atoms with E-state index in [1.165, 1.54) is 16.7 Å². The first kappa shape index (κ1) is 16.5. The first-order valence-corrected chi connectivity index (χ1v) is 8.39. The number of benzene rings is 1. The molecule has 1 fully saturated rings. The summed E-state index contributed by atoms with van der Waals surface area (Å²) in [5.74, 6) is 0.407. The van der Waals surface area contributed by atoms with Gasteiger partial charge in [0.15, 0.2) is 0 Å². The molecule has 1 aromatic carbocycles. The molecule has 24 heavy (non-hydrogen) atoms. The van der Waals surface area contributed by atoms with Crippen LogP contribution in [0, 0.1) is 0 Å². The Bertz CT molecular complexity index is 811. The van der Waals surface area contributed by atoms with E-state index in [9.17, 15) is 9.59 Å². The number of likely N-dealkylation sites (N-methyl/N-ethyl adjacent to an activating group) is 1. The van der Waals surface area contributed by atoms with E-state index in [0.717, 1.165) is 5.56 Å². The number of carbonyl (C=O) groups is 2. The number of amides is 2. The average Bonchev–Trinajstić information content (AvgIpc) is 3.19. The van der Waals surface area contributed by atoms with Crippen LogP contribution < -0.4 is 5.32 Å². The van der Waals surface area contributed by atoms with Crippen LogP contribution in [0.4, 0.5) is 0 Å². The van der Waals surface area contributed by atoms with Gasteiger partial charge in [-0.05, 0) is 35.9 Å². The van der Waals surface area contributed by atoms with Crippen molar-refractivity contribution in [2.24, 2.45) is 0 Å². The molecule has 0 spiro atoms. The van der Waals surface area contributed by atoms with Crippen LogP contribution >= 0.6 is 24.0 Å². The highest BCUT2D eigenvalue weighted by Gasteiger charge is 2.28. The van der Waals surface area contributed by atoms with Gasteiger partial charge >= 0.3 is 0 Å². The van der Waals surface area contributed by atoms with Gasteiger partial charge in [0, 0.05) is 12.6 Å². The fourth-order valence-corrected chi connectivity index (χ4v) is 3.29. The molecule has 0 atom stereocenters. The van der Waals surface area contributed by atoms with Gasteiger partial charge < -0.3 is 9.73 Å². The van der Waals surface area contributed by atoms with Gasteiger partial charge in [-0.2, -0.15) is 0 Å². The number of hydrogen-bond acceptors (Lipinski definition) is 5. The van der Waals surface area contributed by atoms with Gasteiger partial charge in [-0.15, -0.1) is 0 Å². The van der Waals surface area contributed by atoms with Crippen LogP contribution in [0.5, 0.6) is 0 Å². The summed E-state index contributed by atoms with van der Waals surface area (Å²) < 4.78 is 5.71. The SMILES string of the molecule is CN1C(=O)/C(=C\c2ccc(C(=O)NCc3ccco3)cc2)SC1=S. The minimum absolute atomic E-state index is 0.106. The molecule has 0 saturated carbocycles. The lowest BCUT2D eigenvalue weighted by Crippen LogP contribution is -2.22. The standard InChI is InChI=1S/C17H14N2O3S2/c1-19-16(21)14(24-17(19)23)9-11-4-6-12(7-5-11)15(20)18-10-13-3-2-8-22-13/h2-9H,10H2,1H3,(H,18,20)/b14-9+. The molecule has 1 saturated heterocycles. The Balaban J connectivity index is 1.66. The lowest BCUT2D eigenvalue weighted by Gasteiger charge is -2.04. The molecule has 0 radical (unpaired) electrons. The van der Waals surface area contributed by atoms with Crippen molar-refractivity contribution in [2.75, 3.05) is 7.05 Å². The summed E-state index contributed by atoms with van der Waals surface area (Å²) in [7, 11) is 1.66. The first-order chi connectivity index (χ1) is 11.5. The molecular formula is C17H14N2O3S2. The van der Waals surface area contributed by atoms with Crippen molar-refractivity contribution in [1.29, 1.82) is 0 Å². The van der Waals surface area contributed by atoms with Gasteiger partial charge in [-0.25, -0.2) is 0 Å². The maximum Gasteiger partial charge on any atom is 0.265 e. The first-order valence-electron chi connectivity index (χ1n) is 7.17. The minimum atomic E-state index is -0.183. The maximum atomic E-state index is 12.1. The summed E-state index contributed by atoms with van der Waals surface area (Å²) >= 11 is 6.37. The summed E-state index contributed by atoms with van der Waals surface area (Å²) in [6.45, 7) is 0.340. The van der Waals surface area contributed by atoms with E-state index in [-0.39, 0.29) is 11.8 Å². The Kier molecular flexibility index (Phi) is 4.82. The number of nitrogens with one attached hydrogen (secondary N) is 1. The smallest absolute Gasteiger partial charge is 0.265 e. The molecule has 1 N–H and O–H groups in total. The summed E-state index contributed by atoms with van der Waals surface area (Å²) in [5, 5.41) is 2.78. The zero-order chi connectivity index (χ0) is 17.1. The Morgan fingerprint density at radius 3 is 2.67 bits per heavy atom. The van der Waals surface area contributed by atoms with Crippen LogP contribution in [0.25, 0.3) is 6.08 Å². The summed E-state index contributed by atoms with van der Waals surface area (Å²) in [4.78, 5) is 26.1. The van der Waals surface area contributed by atoms with Crippen LogP contribution in [0.2, 0.25) is 0 Å². The van der Waals surface area contributed by atoms with Crippen molar-refractivity contribution in [2.45, 2.75) is 6.54 Å². The molecule has 122 valence electrons. The molecule has 2 aromatic rings. The summed E-state index contributed by atoms with van der Waals surface area (Å²) in [6, 6.07) is 10.6. The molecule has 2 amide bonds. The Hall–Kier alpha value is -2.38. The Labute approximate surface area is 148 Å². The minimum Gasteiger partial charge on any atom is -0.467 e. The van der Waals surface area contributed by atoms with E-state index in [1.54, 1.807) is 55.8 Å². The molecule has 1 aromatic heterocycles. The highest BCUT2D eigenvalue weighted by Crippen LogP contribution is 2.31. The monoisotopic (exact) mass is 358 g/mol. The fraction of sp³-hybridized carbons (Fsp3) is 0.118. The van der Waals surface area contributed by atoms with Gasteiger partial charge in [0.1, 0.15) is 10.1 Å². The average molecular weight is 358 g/mol. The quantitative estimate of drug-likeness (QED) is 0.672. The van der Waals surface area contributed by atoms with Crippen molar-refractivity contribution in [3.05, 3.63) is 64.5 Å². The number of furan rings is 1. The number of nitrogens with zero attached hydrogens (tertiary/aromatic N) is 1. The molecule has 1 aliphatic heterocycles. The largest absolute Gasteiger partial charge is 0.467 e. The molecule has 1 aliphatic rings. The van der Waals surface area contributed by atoms with Crippen molar-refractivity contribution in [3.63, 3.8) is 0 Å². The van der Waals surface area contributed by atoms with E-state index in [2.05, 4.69) is 5.32 Å². The highest BCUT2D eigenvalue weighted by atomic mass is 32.2. The second kappa shape index (κ2) is 7.02. The van der Waals surface area contributed by atoms with E-state index >= 15 is 0 Å². The molecule has 5 nitrogen and oxygen atoms in total. The van der Waals surface area contributed by atoms with E-state index in [0.29, 0.717) is 27.1 Å². The second-order valence-corrected chi connectivity index (χ2v) is 6.80. The fourth-order valence-electron chi connectivity index (χ4n) is 2.11. The third kappa shape index (κ3) is 3.58. The number of thioether (sulfide) groups is 1. The van der Waals surface area contributed by atoms with Gasteiger partial charge in [-0.1, -0.05) is 36.1 Å². The molecule has 0 bridgehead atoms. The van der Waals surface area contributed by atoms with Crippen LogP contribution in [-0.4, -0.2) is 28.1 Å². The van der Waals surface area contributed by atoms with Gasteiger partial charge in [-0.3, -0.25) is 14.5 Å². The lowest BCUT2D eigenvalue weighted by atomic mass is 10.1. The number of rotatable bonds is 4. The van der Waals surface area contributed by atoms with Crippen LogP contribution in [0.1, 0.15) is 21.7 Å².